The van der Waals surface area contributed by atoms with Gasteiger partial charge < -0.3 is 20.5 Å². The van der Waals surface area contributed by atoms with E-state index in [1.807, 2.05) is 0 Å². The third-order valence-corrected chi connectivity index (χ3v) is 3.29. The number of hydrogen-bond acceptors (Lipinski definition) is 6. The number of nitrogens with one attached hydrogen (secondary N) is 1. The topological polar surface area (TPSA) is 117 Å². The molecule has 0 aliphatic carbocycles. The monoisotopic (exact) mass is 315 g/mol. The highest BCUT2D eigenvalue weighted by Crippen LogP contribution is 2.32. The first-order valence-electron chi connectivity index (χ1n) is 6.79. The SMILES string of the molecule is Nc1ccc(C(=O)Nc2ccc3c(c2)OCCO3)cc1[N+](=O)[O-]. The van der Waals surface area contributed by atoms with Gasteiger partial charge in [0.15, 0.2) is 11.5 Å². The first-order valence-corrected chi connectivity index (χ1v) is 6.79. The van der Waals surface area contributed by atoms with Gasteiger partial charge in [-0.2, -0.15) is 0 Å². The van der Waals surface area contributed by atoms with Crippen molar-refractivity contribution in [2.75, 3.05) is 24.3 Å². The number of nitrogen functional groups attached to an aromatic ring is 1. The molecule has 0 spiro atoms. The number of nitro benzene ring substituents is 1. The van der Waals surface area contributed by atoms with E-state index >= 15 is 0 Å². The molecule has 0 radical (unpaired) electrons. The Morgan fingerprint density at radius 1 is 1.13 bits per heavy atom. The van der Waals surface area contributed by atoms with Gasteiger partial charge >= 0.3 is 0 Å². The maximum absolute atomic E-state index is 12.2. The molecule has 3 rings (SSSR count). The van der Waals surface area contributed by atoms with Crippen molar-refractivity contribution in [2.24, 2.45) is 0 Å². The summed E-state index contributed by atoms with van der Waals surface area (Å²) < 4.78 is 10.8. The fourth-order valence-corrected chi connectivity index (χ4v) is 2.17. The fourth-order valence-electron chi connectivity index (χ4n) is 2.17. The van der Waals surface area contributed by atoms with Crippen molar-refractivity contribution in [1.82, 2.24) is 0 Å². The summed E-state index contributed by atoms with van der Waals surface area (Å²) >= 11 is 0. The summed E-state index contributed by atoms with van der Waals surface area (Å²) in [6.07, 6.45) is 0. The largest absolute Gasteiger partial charge is 0.486 e. The van der Waals surface area contributed by atoms with Gasteiger partial charge in [0.25, 0.3) is 11.6 Å². The number of fused-ring (bicyclic) bond motifs is 1. The van der Waals surface area contributed by atoms with E-state index in [9.17, 15) is 14.9 Å². The summed E-state index contributed by atoms with van der Waals surface area (Å²) in [5.41, 5.74) is 5.85. The number of carbonyl (C=O) groups is 1. The molecule has 0 bridgehead atoms. The van der Waals surface area contributed by atoms with E-state index in [2.05, 4.69) is 5.32 Å². The molecule has 1 aliphatic heterocycles. The van der Waals surface area contributed by atoms with E-state index in [4.69, 9.17) is 15.2 Å². The molecule has 23 heavy (non-hydrogen) atoms. The molecule has 118 valence electrons. The lowest BCUT2D eigenvalue weighted by Gasteiger charge is -2.19. The number of nitro groups is 1. The van der Waals surface area contributed by atoms with Crippen LogP contribution in [-0.4, -0.2) is 24.0 Å². The lowest BCUT2D eigenvalue weighted by atomic mass is 10.1. The van der Waals surface area contributed by atoms with Gasteiger partial charge in [-0.3, -0.25) is 14.9 Å². The van der Waals surface area contributed by atoms with Gasteiger partial charge in [-0.15, -0.1) is 0 Å². The summed E-state index contributed by atoms with van der Waals surface area (Å²) in [7, 11) is 0. The van der Waals surface area contributed by atoms with Gasteiger partial charge in [0.05, 0.1) is 4.92 Å². The van der Waals surface area contributed by atoms with E-state index in [1.165, 1.54) is 12.1 Å². The van der Waals surface area contributed by atoms with Crippen LogP contribution in [-0.2, 0) is 0 Å². The first-order chi connectivity index (χ1) is 11.0. The Hall–Kier alpha value is -3.29. The first kappa shape index (κ1) is 14.6. The zero-order chi connectivity index (χ0) is 16.4. The van der Waals surface area contributed by atoms with Gasteiger partial charge in [0.1, 0.15) is 18.9 Å². The van der Waals surface area contributed by atoms with Crippen LogP contribution in [0.1, 0.15) is 10.4 Å². The molecule has 1 amide bonds. The standard InChI is InChI=1S/C15H13N3O5/c16-11-3-1-9(7-12(11)18(20)21)15(19)17-10-2-4-13-14(8-10)23-6-5-22-13/h1-4,7-8H,5-6,16H2,(H,17,19). The number of carbonyl (C=O) groups excluding carboxylic acids is 1. The van der Waals surface area contributed by atoms with Crippen molar-refractivity contribution >= 4 is 23.0 Å². The molecule has 3 N–H and O–H groups in total. The molecule has 0 saturated heterocycles. The Bertz CT molecular complexity index is 791. The zero-order valence-corrected chi connectivity index (χ0v) is 11.9. The lowest BCUT2D eigenvalue weighted by Crippen LogP contribution is -2.16. The van der Waals surface area contributed by atoms with Crippen molar-refractivity contribution in [2.45, 2.75) is 0 Å². The van der Waals surface area contributed by atoms with Crippen LogP contribution >= 0.6 is 0 Å². The molecule has 0 aromatic heterocycles. The molecule has 2 aromatic carbocycles. The molecule has 0 saturated carbocycles. The number of nitrogens with zero attached hydrogens (tertiary/aromatic N) is 1. The number of rotatable bonds is 3. The van der Waals surface area contributed by atoms with Crippen molar-refractivity contribution < 1.29 is 19.2 Å². The van der Waals surface area contributed by atoms with E-state index in [0.717, 1.165) is 6.07 Å². The van der Waals surface area contributed by atoms with Crippen LogP contribution in [0.3, 0.4) is 0 Å². The van der Waals surface area contributed by atoms with E-state index < -0.39 is 10.8 Å². The van der Waals surface area contributed by atoms with Gasteiger partial charge in [0, 0.05) is 23.4 Å². The highest BCUT2D eigenvalue weighted by atomic mass is 16.6. The quantitative estimate of drug-likeness (QED) is 0.509. The van der Waals surface area contributed by atoms with Crippen LogP contribution in [0, 0.1) is 10.1 Å². The van der Waals surface area contributed by atoms with Gasteiger partial charge in [-0.25, -0.2) is 0 Å². The second-order valence-corrected chi connectivity index (χ2v) is 4.84. The summed E-state index contributed by atoms with van der Waals surface area (Å²) in [6.45, 7) is 0.919. The number of anilines is 2. The highest BCUT2D eigenvalue weighted by molar-refractivity contribution is 6.05. The molecule has 8 nitrogen and oxygen atoms in total. The molecule has 2 aromatic rings. The molecule has 8 heteroatoms. The van der Waals surface area contributed by atoms with Gasteiger partial charge in [-0.05, 0) is 24.3 Å². The molecular weight excluding hydrogens is 302 g/mol. The summed E-state index contributed by atoms with van der Waals surface area (Å²) in [4.78, 5) is 22.5. The maximum atomic E-state index is 12.2. The van der Waals surface area contributed by atoms with Crippen molar-refractivity contribution in [3.8, 4) is 11.5 Å². The Balaban J connectivity index is 1.82. The number of nitrogens with two attached hydrogens (primary N) is 1. The van der Waals surface area contributed by atoms with Crippen molar-refractivity contribution in [3.05, 3.63) is 52.1 Å². The van der Waals surface area contributed by atoms with E-state index in [1.54, 1.807) is 18.2 Å². The zero-order valence-electron chi connectivity index (χ0n) is 11.9. The predicted molar refractivity (Wildman–Crippen MR) is 82.9 cm³/mol. The Morgan fingerprint density at radius 3 is 2.61 bits per heavy atom. The predicted octanol–water partition coefficient (Wildman–Crippen LogP) is 2.20. The van der Waals surface area contributed by atoms with Gasteiger partial charge in [-0.1, -0.05) is 0 Å². The summed E-state index contributed by atoms with van der Waals surface area (Å²) in [6, 6.07) is 8.89. The third kappa shape index (κ3) is 3.00. The average Bonchev–Trinajstić information content (AvgIpc) is 2.54. The van der Waals surface area contributed by atoms with Crippen LogP contribution < -0.4 is 20.5 Å². The Labute approximate surface area is 131 Å². The number of ether oxygens (including phenoxy) is 2. The molecule has 1 heterocycles. The fraction of sp³-hybridized carbons (Fsp3) is 0.133. The van der Waals surface area contributed by atoms with Crippen LogP contribution in [0.5, 0.6) is 11.5 Å². The molecule has 0 atom stereocenters. The van der Waals surface area contributed by atoms with Crippen molar-refractivity contribution in [1.29, 1.82) is 0 Å². The van der Waals surface area contributed by atoms with Crippen LogP contribution in [0.4, 0.5) is 17.1 Å². The lowest BCUT2D eigenvalue weighted by molar-refractivity contribution is -0.383. The minimum Gasteiger partial charge on any atom is -0.486 e. The second-order valence-electron chi connectivity index (χ2n) is 4.84. The minimum absolute atomic E-state index is 0.00544. The second kappa shape index (κ2) is 5.84. The van der Waals surface area contributed by atoms with Crippen molar-refractivity contribution in [3.63, 3.8) is 0 Å². The van der Waals surface area contributed by atoms with Crippen LogP contribution in [0.25, 0.3) is 0 Å². The molecule has 0 fully saturated rings. The molecule has 1 aliphatic rings. The number of benzene rings is 2. The summed E-state index contributed by atoms with van der Waals surface area (Å²) in [5.74, 6) is 0.666. The number of amides is 1. The summed E-state index contributed by atoms with van der Waals surface area (Å²) in [5, 5.41) is 13.5. The Morgan fingerprint density at radius 2 is 1.87 bits per heavy atom. The number of hydrogen-bond donors (Lipinski definition) is 2. The highest BCUT2D eigenvalue weighted by Gasteiger charge is 2.17. The van der Waals surface area contributed by atoms with E-state index in [0.29, 0.717) is 30.4 Å². The maximum Gasteiger partial charge on any atom is 0.292 e. The smallest absolute Gasteiger partial charge is 0.292 e. The Kier molecular flexibility index (Phi) is 3.71. The van der Waals surface area contributed by atoms with Gasteiger partial charge in [0.2, 0.25) is 0 Å². The third-order valence-electron chi connectivity index (χ3n) is 3.29. The van der Waals surface area contributed by atoms with Crippen LogP contribution in [0.2, 0.25) is 0 Å². The van der Waals surface area contributed by atoms with E-state index in [-0.39, 0.29) is 16.9 Å². The van der Waals surface area contributed by atoms with Crippen LogP contribution in [0.15, 0.2) is 36.4 Å². The normalized spacial score (nSPS) is 12.5. The molecular formula is C15H13N3O5. The minimum atomic E-state index is -0.629. The average molecular weight is 315 g/mol. The molecule has 0 unspecified atom stereocenters.